The summed E-state index contributed by atoms with van der Waals surface area (Å²) in [6.45, 7) is 1.73. The molecule has 0 spiro atoms. The van der Waals surface area contributed by atoms with Crippen LogP contribution in [0.3, 0.4) is 0 Å². The van der Waals surface area contributed by atoms with Crippen molar-refractivity contribution in [3.63, 3.8) is 0 Å². The van der Waals surface area contributed by atoms with Gasteiger partial charge in [0.2, 0.25) is 0 Å². The molecule has 0 aliphatic rings. The Morgan fingerprint density at radius 2 is 1.76 bits per heavy atom. The fourth-order valence-corrected chi connectivity index (χ4v) is 4.11. The molecule has 8 heteroatoms. The lowest BCUT2D eigenvalue weighted by atomic mass is 10.1. The van der Waals surface area contributed by atoms with Gasteiger partial charge in [-0.15, -0.1) is 0 Å². The molecule has 29 heavy (non-hydrogen) atoms. The number of carbonyl (C=O) groups is 1. The van der Waals surface area contributed by atoms with Crippen molar-refractivity contribution in [3.05, 3.63) is 88.7 Å². The molecule has 0 saturated carbocycles. The third-order valence-corrected chi connectivity index (χ3v) is 6.39. The summed E-state index contributed by atoms with van der Waals surface area (Å²) in [4.78, 5) is 12.5. The fourth-order valence-electron chi connectivity index (χ4n) is 2.69. The van der Waals surface area contributed by atoms with Gasteiger partial charge in [-0.3, -0.25) is 9.10 Å². The van der Waals surface area contributed by atoms with Gasteiger partial charge in [-0.05, 0) is 61.0 Å². The van der Waals surface area contributed by atoms with Crippen molar-refractivity contribution in [1.82, 2.24) is 0 Å². The molecule has 0 atom stereocenters. The van der Waals surface area contributed by atoms with Crippen LogP contribution in [0.5, 0.6) is 0 Å². The first-order valence-electron chi connectivity index (χ1n) is 8.60. The van der Waals surface area contributed by atoms with E-state index in [1.165, 1.54) is 49.5 Å². The molecular formula is C21H18ClFN2O3S. The van der Waals surface area contributed by atoms with Crippen LogP contribution in [0.1, 0.15) is 15.9 Å². The molecule has 0 radical (unpaired) electrons. The molecule has 150 valence electrons. The second-order valence-electron chi connectivity index (χ2n) is 6.39. The molecule has 0 fully saturated rings. The van der Waals surface area contributed by atoms with Gasteiger partial charge in [0.1, 0.15) is 5.82 Å². The lowest BCUT2D eigenvalue weighted by molar-refractivity contribution is 0.102. The molecule has 0 saturated heterocycles. The smallest absolute Gasteiger partial charge is 0.264 e. The van der Waals surface area contributed by atoms with Crippen LogP contribution in [0, 0.1) is 12.7 Å². The maximum atomic E-state index is 13.5. The summed E-state index contributed by atoms with van der Waals surface area (Å²) in [7, 11) is -2.51. The van der Waals surface area contributed by atoms with Gasteiger partial charge in [-0.1, -0.05) is 29.8 Å². The predicted octanol–water partition coefficient (Wildman–Crippen LogP) is 4.86. The molecule has 0 aliphatic heterocycles. The van der Waals surface area contributed by atoms with Gasteiger partial charge in [0.25, 0.3) is 15.9 Å². The second-order valence-corrected chi connectivity index (χ2v) is 8.80. The van der Waals surface area contributed by atoms with Crippen LogP contribution in [-0.4, -0.2) is 21.4 Å². The van der Waals surface area contributed by atoms with Crippen LogP contribution in [0.2, 0.25) is 5.02 Å². The van der Waals surface area contributed by atoms with Crippen LogP contribution < -0.4 is 9.62 Å². The Balaban J connectivity index is 1.90. The monoisotopic (exact) mass is 432 g/mol. The minimum absolute atomic E-state index is 0.0522. The Morgan fingerprint density at radius 3 is 2.48 bits per heavy atom. The number of anilines is 2. The van der Waals surface area contributed by atoms with Gasteiger partial charge < -0.3 is 5.32 Å². The minimum atomic E-state index is -3.92. The highest BCUT2D eigenvalue weighted by atomic mass is 35.5. The second kappa shape index (κ2) is 8.23. The third kappa shape index (κ3) is 4.58. The van der Waals surface area contributed by atoms with Crippen molar-refractivity contribution < 1.29 is 17.6 Å². The molecule has 0 unspecified atom stereocenters. The molecule has 0 heterocycles. The van der Waals surface area contributed by atoms with Gasteiger partial charge >= 0.3 is 0 Å². The van der Waals surface area contributed by atoms with E-state index in [2.05, 4.69) is 5.32 Å². The van der Waals surface area contributed by atoms with Crippen molar-refractivity contribution in [2.75, 3.05) is 16.7 Å². The number of nitrogens with zero attached hydrogens (tertiary/aromatic N) is 1. The van der Waals surface area contributed by atoms with Crippen molar-refractivity contribution in [3.8, 4) is 0 Å². The molecule has 0 aliphatic carbocycles. The summed E-state index contributed by atoms with van der Waals surface area (Å²) in [6, 6.07) is 16.1. The molecule has 5 nitrogen and oxygen atoms in total. The van der Waals surface area contributed by atoms with E-state index in [0.29, 0.717) is 22.0 Å². The average molecular weight is 433 g/mol. The maximum absolute atomic E-state index is 13.5. The highest BCUT2D eigenvalue weighted by Crippen LogP contribution is 2.25. The summed E-state index contributed by atoms with van der Waals surface area (Å²) in [5.74, 6) is -1.02. The number of nitrogens with one attached hydrogen (secondary N) is 1. The number of carbonyl (C=O) groups excluding carboxylic acids is 1. The van der Waals surface area contributed by atoms with E-state index in [-0.39, 0.29) is 10.5 Å². The summed E-state index contributed by atoms with van der Waals surface area (Å²) < 4.78 is 40.5. The Bertz CT molecular complexity index is 1180. The molecular weight excluding hydrogens is 415 g/mol. The van der Waals surface area contributed by atoms with Gasteiger partial charge in [-0.2, -0.15) is 0 Å². The lowest BCUT2D eigenvalue weighted by Crippen LogP contribution is -2.26. The zero-order valence-corrected chi connectivity index (χ0v) is 17.3. The highest BCUT2D eigenvalue weighted by molar-refractivity contribution is 7.92. The van der Waals surface area contributed by atoms with Crippen molar-refractivity contribution >= 4 is 38.9 Å². The fraction of sp³-hybridized carbons (Fsp3) is 0.0952. The maximum Gasteiger partial charge on any atom is 0.264 e. The molecule has 3 rings (SSSR count). The molecule has 1 amide bonds. The molecule has 3 aromatic rings. The SMILES string of the molecule is Cc1ccc(F)cc1NC(=O)c1cccc(S(=O)(=O)N(C)c2cccc(Cl)c2)c1. The standard InChI is InChI=1S/C21H18ClFN2O3S/c1-14-9-10-17(23)13-20(14)24-21(26)15-5-3-8-19(11-15)29(27,28)25(2)18-7-4-6-16(22)12-18/h3-13H,1-2H3,(H,24,26). The number of halogens is 2. The summed E-state index contributed by atoms with van der Waals surface area (Å²) in [5.41, 5.74) is 1.53. The lowest BCUT2D eigenvalue weighted by Gasteiger charge is -2.20. The molecule has 3 aromatic carbocycles. The topological polar surface area (TPSA) is 66.5 Å². The molecule has 0 aromatic heterocycles. The Labute approximate surface area is 173 Å². The molecule has 0 bridgehead atoms. The number of aryl methyl sites for hydroxylation is 1. The van der Waals surface area contributed by atoms with E-state index in [1.807, 2.05) is 0 Å². The first-order chi connectivity index (χ1) is 13.7. The summed E-state index contributed by atoms with van der Waals surface area (Å²) >= 11 is 5.95. The number of sulfonamides is 1. The van der Waals surface area contributed by atoms with E-state index in [1.54, 1.807) is 31.2 Å². The average Bonchev–Trinajstić information content (AvgIpc) is 2.70. The van der Waals surface area contributed by atoms with Crippen LogP contribution in [0.4, 0.5) is 15.8 Å². The number of hydrogen-bond acceptors (Lipinski definition) is 3. The quantitative estimate of drug-likeness (QED) is 0.625. The van der Waals surface area contributed by atoms with Crippen LogP contribution in [0.15, 0.2) is 71.6 Å². The van der Waals surface area contributed by atoms with Gasteiger partial charge in [0, 0.05) is 23.3 Å². The van der Waals surface area contributed by atoms with E-state index >= 15 is 0 Å². The number of hydrogen-bond donors (Lipinski definition) is 1. The zero-order chi connectivity index (χ0) is 21.2. The number of amides is 1. The van der Waals surface area contributed by atoms with Crippen molar-refractivity contribution in [2.24, 2.45) is 0 Å². The summed E-state index contributed by atoms with van der Waals surface area (Å²) in [5, 5.41) is 3.02. The van der Waals surface area contributed by atoms with Gasteiger partial charge in [0.05, 0.1) is 10.6 Å². The van der Waals surface area contributed by atoms with Gasteiger partial charge in [-0.25, -0.2) is 12.8 Å². The minimum Gasteiger partial charge on any atom is -0.322 e. The van der Waals surface area contributed by atoms with Crippen molar-refractivity contribution in [2.45, 2.75) is 11.8 Å². The summed E-state index contributed by atoms with van der Waals surface area (Å²) in [6.07, 6.45) is 0. The van der Waals surface area contributed by atoms with E-state index < -0.39 is 21.7 Å². The third-order valence-electron chi connectivity index (χ3n) is 4.37. The Morgan fingerprint density at radius 1 is 1.03 bits per heavy atom. The Kier molecular flexibility index (Phi) is 5.91. The zero-order valence-electron chi connectivity index (χ0n) is 15.7. The highest BCUT2D eigenvalue weighted by Gasteiger charge is 2.23. The van der Waals surface area contributed by atoms with E-state index in [4.69, 9.17) is 11.6 Å². The van der Waals surface area contributed by atoms with Gasteiger partial charge in [0.15, 0.2) is 0 Å². The predicted molar refractivity (Wildman–Crippen MR) is 113 cm³/mol. The Hall–Kier alpha value is -2.90. The molecule has 1 N–H and O–H groups in total. The van der Waals surface area contributed by atoms with Crippen LogP contribution >= 0.6 is 11.6 Å². The largest absolute Gasteiger partial charge is 0.322 e. The van der Waals surface area contributed by atoms with Crippen molar-refractivity contribution in [1.29, 1.82) is 0 Å². The van der Waals surface area contributed by atoms with Crippen LogP contribution in [0.25, 0.3) is 0 Å². The first-order valence-corrected chi connectivity index (χ1v) is 10.4. The van der Waals surface area contributed by atoms with E-state index in [9.17, 15) is 17.6 Å². The normalized spacial score (nSPS) is 11.2. The number of benzene rings is 3. The van der Waals surface area contributed by atoms with Crippen LogP contribution in [-0.2, 0) is 10.0 Å². The number of rotatable bonds is 5. The van der Waals surface area contributed by atoms with E-state index in [0.717, 1.165) is 4.31 Å². The first kappa shape index (κ1) is 20.8.